The molecule has 14 heteroatoms. The van der Waals surface area contributed by atoms with E-state index in [1.807, 2.05) is 0 Å². The van der Waals surface area contributed by atoms with Gasteiger partial charge >= 0.3 is 5.97 Å². The summed E-state index contributed by atoms with van der Waals surface area (Å²) >= 11 is 0. The number of rotatable bonds is 15. The minimum atomic E-state index is -1.59. The topological polar surface area (TPSA) is 260 Å². The summed E-state index contributed by atoms with van der Waals surface area (Å²) in [6.45, 7) is 0.696. The third kappa shape index (κ3) is 10.7. The summed E-state index contributed by atoms with van der Waals surface area (Å²) in [7, 11) is 0. The van der Waals surface area contributed by atoms with Crippen LogP contribution in [-0.4, -0.2) is 88.3 Å². The van der Waals surface area contributed by atoms with Crippen molar-refractivity contribution < 1.29 is 39.3 Å². The number of unbranched alkanes of at least 4 members (excludes halogenated alkanes) is 1. The van der Waals surface area contributed by atoms with E-state index in [1.54, 1.807) is 0 Å². The van der Waals surface area contributed by atoms with Crippen LogP contribution in [0, 0.1) is 0 Å². The molecular formula is C17H32N6O8. The summed E-state index contributed by atoms with van der Waals surface area (Å²) in [5, 5.41) is 34.1. The minimum absolute atomic E-state index is 0.0664. The summed E-state index contributed by atoms with van der Waals surface area (Å²) in [5.74, 6) is -5.17. The predicted octanol–water partition coefficient (Wildman–Crippen LogP) is -4.77. The molecule has 0 spiro atoms. The van der Waals surface area contributed by atoms with Gasteiger partial charge in [-0.25, -0.2) is 4.79 Å². The second kappa shape index (κ2) is 14.2. The summed E-state index contributed by atoms with van der Waals surface area (Å²) in [6, 6.07) is -5.71. The fraction of sp³-hybridized carbons (Fsp3) is 0.706. The number of hydrogen-bond donors (Lipinski definition) is 9. The Morgan fingerprint density at radius 3 is 1.87 bits per heavy atom. The van der Waals surface area contributed by atoms with Crippen LogP contribution in [0.2, 0.25) is 0 Å². The standard InChI is InChI=1S/C17H32N6O8/c1-8(25)13(20)16(29)22-10(6-12(19)26)15(28)21-9(4-2-3-5-18)14(27)23-11(7-24)17(30)31/h8-11,13,24-25H,2-7,18,20H2,1H3,(H2,19,26)(H,21,28)(H,22,29)(H,23,27)(H,30,31). The lowest BCUT2D eigenvalue weighted by Gasteiger charge is -2.25. The molecule has 0 aliphatic rings. The lowest BCUT2D eigenvalue weighted by atomic mass is 10.1. The maximum absolute atomic E-state index is 12.6. The summed E-state index contributed by atoms with van der Waals surface area (Å²) in [4.78, 5) is 59.5. The average Bonchev–Trinajstić information content (AvgIpc) is 2.69. The van der Waals surface area contributed by atoms with Gasteiger partial charge in [0, 0.05) is 0 Å². The van der Waals surface area contributed by atoms with E-state index >= 15 is 0 Å². The molecule has 5 atom stereocenters. The number of carbonyl (C=O) groups excluding carboxylic acids is 4. The first kappa shape index (κ1) is 28.2. The first-order chi connectivity index (χ1) is 14.4. The van der Waals surface area contributed by atoms with E-state index in [9.17, 15) is 29.1 Å². The van der Waals surface area contributed by atoms with E-state index in [1.165, 1.54) is 6.92 Å². The number of aliphatic carboxylic acids is 1. The molecule has 0 bridgehead atoms. The number of nitrogens with two attached hydrogens (primary N) is 3. The summed E-state index contributed by atoms with van der Waals surface area (Å²) in [5.41, 5.74) is 16.0. The van der Waals surface area contributed by atoms with Gasteiger partial charge in [0.05, 0.1) is 19.1 Å². The zero-order chi connectivity index (χ0) is 24.1. The van der Waals surface area contributed by atoms with Crippen LogP contribution >= 0.6 is 0 Å². The van der Waals surface area contributed by atoms with Crippen molar-refractivity contribution in [2.24, 2.45) is 17.2 Å². The van der Waals surface area contributed by atoms with Gasteiger partial charge in [-0.15, -0.1) is 0 Å². The second-order valence-corrected chi connectivity index (χ2v) is 6.93. The Hall–Kier alpha value is -2.81. The SMILES string of the molecule is CC(O)C(N)C(=O)NC(CC(N)=O)C(=O)NC(CCCCN)C(=O)NC(CO)C(=O)O. The predicted molar refractivity (Wildman–Crippen MR) is 107 cm³/mol. The van der Waals surface area contributed by atoms with Gasteiger partial charge in [0.2, 0.25) is 23.6 Å². The minimum Gasteiger partial charge on any atom is -0.480 e. The van der Waals surface area contributed by atoms with E-state index in [0.717, 1.165) is 0 Å². The molecule has 0 aromatic heterocycles. The Bertz CT molecular complexity index is 644. The highest BCUT2D eigenvalue weighted by atomic mass is 16.4. The van der Waals surface area contributed by atoms with Gasteiger partial charge in [0.1, 0.15) is 24.2 Å². The molecule has 0 aromatic carbocycles. The number of primary amides is 1. The van der Waals surface area contributed by atoms with E-state index in [4.69, 9.17) is 27.4 Å². The molecule has 4 amide bonds. The van der Waals surface area contributed by atoms with Crippen LogP contribution in [0.4, 0.5) is 0 Å². The molecule has 31 heavy (non-hydrogen) atoms. The highest BCUT2D eigenvalue weighted by Crippen LogP contribution is 2.04. The first-order valence-electron chi connectivity index (χ1n) is 9.61. The molecule has 5 unspecified atom stereocenters. The van der Waals surface area contributed by atoms with Crippen molar-refractivity contribution in [2.45, 2.75) is 62.9 Å². The van der Waals surface area contributed by atoms with Crippen molar-refractivity contribution in [3.63, 3.8) is 0 Å². The average molecular weight is 448 g/mol. The highest BCUT2D eigenvalue weighted by molar-refractivity contribution is 5.96. The fourth-order valence-electron chi connectivity index (χ4n) is 2.39. The second-order valence-electron chi connectivity index (χ2n) is 6.93. The fourth-order valence-corrected chi connectivity index (χ4v) is 2.39. The number of nitrogens with one attached hydrogen (secondary N) is 3. The van der Waals surface area contributed by atoms with Gasteiger partial charge in [-0.3, -0.25) is 19.2 Å². The Labute approximate surface area is 178 Å². The monoisotopic (exact) mass is 448 g/mol. The Kier molecular flexibility index (Phi) is 12.9. The summed E-state index contributed by atoms with van der Waals surface area (Å²) < 4.78 is 0. The molecule has 0 saturated carbocycles. The molecule has 178 valence electrons. The van der Waals surface area contributed by atoms with Gasteiger partial charge in [-0.05, 0) is 32.7 Å². The Morgan fingerprint density at radius 2 is 1.42 bits per heavy atom. The molecule has 14 nitrogen and oxygen atoms in total. The smallest absolute Gasteiger partial charge is 0.328 e. The van der Waals surface area contributed by atoms with E-state index in [-0.39, 0.29) is 6.42 Å². The molecule has 0 radical (unpaired) electrons. The summed E-state index contributed by atoms with van der Waals surface area (Å²) in [6.07, 6.45) is -0.886. The van der Waals surface area contributed by atoms with E-state index in [0.29, 0.717) is 19.4 Å². The number of carboxylic acids is 1. The number of hydrogen-bond acceptors (Lipinski definition) is 9. The number of amides is 4. The molecule has 0 saturated heterocycles. The van der Waals surface area contributed by atoms with Crippen molar-refractivity contribution in [1.29, 1.82) is 0 Å². The molecule has 12 N–H and O–H groups in total. The number of aliphatic hydroxyl groups is 2. The number of carbonyl (C=O) groups is 5. The van der Waals surface area contributed by atoms with Crippen molar-refractivity contribution in [1.82, 2.24) is 16.0 Å². The number of carboxylic acid groups (broad SMARTS) is 1. The maximum atomic E-state index is 12.6. The van der Waals surface area contributed by atoms with Crippen molar-refractivity contribution in [2.75, 3.05) is 13.2 Å². The molecule has 0 heterocycles. The van der Waals surface area contributed by atoms with Gasteiger partial charge in [0.25, 0.3) is 0 Å². The van der Waals surface area contributed by atoms with Crippen LogP contribution in [0.3, 0.4) is 0 Å². The van der Waals surface area contributed by atoms with Gasteiger partial charge in [-0.1, -0.05) is 0 Å². The normalized spacial score (nSPS) is 15.6. The lowest BCUT2D eigenvalue weighted by Crippen LogP contribution is -2.59. The van der Waals surface area contributed by atoms with Gasteiger partial charge < -0.3 is 48.5 Å². The third-order valence-corrected chi connectivity index (χ3v) is 4.24. The first-order valence-corrected chi connectivity index (χ1v) is 9.61. The zero-order valence-electron chi connectivity index (χ0n) is 17.2. The zero-order valence-corrected chi connectivity index (χ0v) is 17.2. The van der Waals surface area contributed by atoms with Crippen LogP contribution in [0.25, 0.3) is 0 Å². The van der Waals surface area contributed by atoms with Gasteiger partial charge in [-0.2, -0.15) is 0 Å². The van der Waals surface area contributed by atoms with Crippen LogP contribution in [0.5, 0.6) is 0 Å². The number of aliphatic hydroxyl groups excluding tert-OH is 2. The molecule has 0 fully saturated rings. The molecule has 0 aliphatic carbocycles. The largest absolute Gasteiger partial charge is 0.480 e. The van der Waals surface area contributed by atoms with Crippen LogP contribution in [0.15, 0.2) is 0 Å². The molecular weight excluding hydrogens is 416 g/mol. The molecule has 0 aromatic rings. The van der Waals surface area contributed by atoms with E-state index < -0.39 is 72.9 Å². The van der Waals surface area contributed by atoms with Crippen LogP contribution < -0.4 is 33.2 Å². The maximum Gasteiger partial charge on any atom is 0.328 e. The van der Waals surface area contributed by atoms with E-state index in [2.05, 4.69) is 16.0 Å². The van der Waals surface area contributed by atoms with Crippen molar-refractivity contribution >= 4 is 29.6 Å². The van der Waals surface area contributed by atoms with Crippen LogP contribution in [-0.2, 0) is 24.0 Å². The van der Waals surface area contributed by atoms with Crippen molar-refractivity contribution in [3.8, 4) is 0 Å². The molecule has 0 aliphatic heterocycles. The van der Waals surface area contributed by atoms with Crippen LogP contribution in [0.1, 0.15) is 32.6 Å². The molecule has 0 rings (SSSR count). The van der Waals surface area contributed by atoms with Crippen molar-refractivity contribution in [3.05, 3.63) is 0 Å². The Morgan fingerprint density at radius 1 is 0.903 bits per heavy atom. The lowest BCUT2D eigenvalue weighted by molar-refractivity contribution is -0.143. The quantitative estimate of drug-likeness (QED) is 0.108. The highest BCUT2D eigenvalue weighted by Gasteiger charge is 2.31. The Balaban J connectivity index is 5.44. The third-order valence-electron chi connectivity index (χ3n) is 4.24. The van der Waals surface area contributed by atoms with Gasteiger partial charge in [0.15, 0.2) is 0 Å².